The first kappa shape index (κ1) is 25.1. The first-order chi connectivity index (χ1) is 16.6. The lowest BCUT2D eigenvalue weighted by molar-refractivity contribution is 0.00380. The van der Waals surface area contributed by atoms with Crippen LogP contribution in [0.4, 0.5) is 0 Å². The molecule has 188 valence electrons. The molecule has 1 aromatic heterocycles. The number of guanidine groups is 1. The number of aromatic amines is 1. The summed E-state index contributed by atoms with van der Waals surface area (Å²) in [5, 5.41) is 14.8. The van der Waals surface area contributed by atoms with E-state index in [1.165, 1.54) is 0 Å². The van der Waals surface area contributed by atoms with Gasteiger partial charge in [-0.15, -0.1) is 0 Å². The van der Waals surface area contributed by atoms with Crippen LogP contribution in [0.2, 0.25) is 0 Å². The average Bonchev–Trinajstić information content (AvgIpc) is 3.25. The third kappa shape index (κ3) is 6.15. The molecule has 0 saturated carbocycles. The number of hydrogen-bond acceptors (Lipinski definition) is 5. The molecule has 3 heterocycles. The molecule has 3 N–H and O–H groups in total. The normalized spacial score (nSPS) is 25.1. The summed E-state index contributed by atoms with van der Waals surface area (Å²) in [7, 11) is 3.48. The largest absolute Gasteiger partial charge is 0.396 e. The van der Waals surface area contributed by atoms with Crippen LogP contribution in [0.5, 0.6) is 0 Å². The van der Waals surface area contributed by atoms with Crippen LogP contribution in [-0.2, 0) is 4.74 Å². The van der Waals surface area contributed by atoms with Crippen molar-refractivity contribution in [2.24, 2.45) is 20.4 Å². The molecule has 0 bridgehead atoms. The third-order valence-corrected chi connectivity index (χ3v) is 6.18. The number of hydrogen-bond donors (Lipinski definition) is 3. The van der Waals surface area contributed by atoms with Gasteiger partial charge in [0.2, 0.25) is 5.96 Å². The van der Waals surface area contributed by atoms with E-state index in [0.717, 1.165) is 34.8 Å². The van der Waals surface area contributed by atoms with Gasteiger partial charge in [0.1, 0.15) is 5.69 Å². The number of amides is 1. The van der Waals surface area contributed by atoms with Crippen molar-refractivity contribution in [3.63, 3.8) is 0 Å². The van der Waals surface area contributed by atoms with Gasteiger partial charge in [0.15, 0.2) is 0 Å². The second kappa shape index (κ2) is 10.3. The first-order valence-corrected chi connectivity index (χ1v) is 12.2. The Kier molecular flexibility index (Phi) is 7.37. The van der Waals surface area contributed by atoms with Crippen LogP contribution >= 0.6 is 0 Å². The zero-order chi connectivity index (χ0) is 25.2. The first-order valence-electron chi connectivity index (χ1n) is 12.2. The van der Waals surface area contributed by atoms with Crippen molar-refractivity contribution in [3.8, 4) is 0 Å². The Labute approximate surface area is 206 Å². The van der Waals surface area contributed by atoms with Gasteiger partial charge < -0.3 is 25.0 Å². The van der Waals surface area contributed by atoms with Crippen LogP contribution in [0, 0.1) is 5.41 Å². The third-order valence-electron chi connectivity index (χ3n) is 6.18. The van der Waals surface area contributed by atoms with Gasteiger partial charge in [0.05, 0.1) is 36.8 Å². The molecule has 0 radical (unpaired) electrons. The van der Waals surface area contributed by atoms with Crippen LogP contribution in [0.1, 0.15) is 50.5 Å². The monoisotopic (exact) mass is 480 g/mol. The highest BCUT2D eigenvalue weighted by Crippen LogP contribution is 2.21. The number of nitrogens with one attached hydrogen (secondary N) is 2. The lowest BCUT2D eigenvalue weighted by Crippen LogP contribution is -2.40. The van der Waals surface area contributed by atoms with Gasteiger partial charge in [-0.3, -0.25) is 9.79 Å². The lowest BCUT2D eigenvalue weighted by atomic mass is 9.96. The predicted octanol–water partition coefficient (Wildman–Crippen LogP) is 0.991. The Bertz CT molecular complexity index is 1200. The fraction of sp³-hybridized carbons (Fsp3) is 0.538. The number of aliphatic imine (C=N–C) groups is 3. The highest BCUT2D eigenvalue weighted by Gasteiger charge is 2.24. The molecule has 3 atom stereocenters. The van der Waals surface area contributed by atoms with Crippen molar-refractivity contribution in [3.05, 3.63) is 34.1 Å². The van der Waals surface area contributed by atoms with E-state index in [1.807, 2.05) is 32.2 Å². The van der Waals surface area contributed by atoms with Gasteiger partial charge in [-0.05, 0) is 30.7 Å². The molecular weight excluding hydrogens is 444 g/mol. The van der Waals surface area contributed by atoms with E-state index in [0.29, 0.717) is 24.7 Å². The molecule has 35 heavy (non-hydrogen) atoms. The molecule has 1 aromatic rings. The molecular formula is C26H36N6O3. The summed E-state index contributed by atoms with van der Waals surface area (Å²) in [4.78, 5) is 31.3. The van der Waals surface area contributed by atoms with Crippen LogP contribution in [0.3, 0.4) is 0 Å². The fourth-order valence-electron chi connectivity index (χ4n) is 4.11. The zero-order valence-electron chi connectivity index (χ0n) is 21.2. The highest BCUT2D eigenvalue weighted by atomic mass is 16.5. The lowest BCUT2D eigenvalue weighted by Gasteiger charge is -2.27. The number of ether oxygens (including phenoxy) is 1. The molecule has 2 aliphatic heterocycles. The summed E-state index contributed by atoms with van der Waals surface area (Å²) >= 11 is 0. The molecule has 0 saturated heterocycles. The molecule has 3 unspecified atom stereocenters. The van der Waals surface area contributed by atoms with Crippen molar-refractivity contribution in [1.82, 2.24) is 15.2 Å². The number of H-pyrrole nitrogens is 1. The second-order valence-electron chi connectivity index (χ2n) is 10.5. The van der Waals surface area contributed by atoms with Gasteiger partial charge in [0.25, 0.3) is 5.91 Å². The second-order valence-corrected chi connectivity index (χ2v) is 10.5. The van der Waals surface area contributed by atoms with Gasteiger partial charge in [-0.1, -0.05) is 26.0 Å². The molecule has 9 nitrogen and oxygen atoms in total. The Hall–Kier alpha value is -3.04. The summed E-state index contributed by atoms with van der Waals surface area (Å²) < 4.78 is 6.03. The van der Waals surface area contributed by atoms with Gasteiger partial charge in [-0.2, -0.15) is 0 Å². The molecule has 0 aromatic carbocycles. The number of aliphatic hydroxyl groups excluding tert-OH is 1. The van der Waals surface area contributed by atoms with E-state index in [1.54, 1.807) is 19.0 Å². The van der Waals surface area contributed by atoms with Gasteiger partial charge in [0, 0.05) is 50.0 Å². The minimum atomic E-state index is -0.281. The Morgan fingerprint density at radius 1 is 1.31 bits per heavy atom. The maximum Gasteiger partial charge on any atom is 0.269 e. The number of fused-ring (bicyclic) bond motifs is 1. The summed E-state index contributed by atoms with van der Waals surface area (Å²) in [6.07, 6.45) is 10.1. The molecule has 0 spiro atoms. The average molecular weight is 481 g/mol. The van der Waals surface area contributed by atoms with Crippen LogP contribution < -0.4 is 15.9 Å². The quantitative estimate of drug-likeness (QED) is 0.540. The number of allylic oxidation sites excluding steroid dienone is 1. The maximum absolute atomic E-state index is 12.3. The van der Waals surface area contributed by atoms with E-state index in [2.05, 4.69) is 34.4 Å². The topological polar surface area (TPSA) is 115 Å². The molecule has 0 fully saturated rings. The van der Waals surface area contributed by atoms with Crippen molar-refractivity contribution >= 4 is 35.9 Å². The van der Waals surface area contributed by atoms with Crippen molar-refractivity contribution in [2.45, 2.75) is 58.2 Å². The Morgan fingerprint density at radius 3 is 2.86 bits per heavy atom. The number of aliphatic hydroxyl groups is 1. The van der Waals surface area contributed by atoms with Crippen LogP contribution in [0.15, 0.2) is 32.8 Å². The Morgan fingerprint density at radius 2 is 2.11 bits per heavy atom. The van der Waals surface area contributed by atoms with Gasteiger partial charge >= 0.3 is 0 Å². The SMILES string of the molecule is CC1CC(C2=CC(OCC(C)(C)CO)CC=N2)=NC(=NC2C=c3cc(C(=O)N(C)C)[nH]c3=CC2)N1. The Balaban J connectivity index is 1.53. The predicted molar refractivity (Wildman–Crippen MR) is 139 cm³/mol. The smallest absolute Gasteiger partial charge is 0.269 e. The minimum absolute atomic E-state index is 0.0513. The summed E-state index contributed by atoms with van der Waals surface area (Å²) in [6, 6.07) is 1.98. The zero-order valence-corrected chi connectivity index (χ0v) is 21.2. The number of nitrogens with zero attached hydrogens (tertiary/aromatic N) is 4. The highest BCUT2D eigenvalue weighted by molar-refractivity contribution is 6.09. The van der Waals surface area contributed by atoms with E-state index in [9.17, 15) is 9.90 Å². The summed E-state index contributed by atoms with van der Waals surface area (Å²) in [5.74, 6) is 0.544. The minimum Gasteiger partial charge on any atom is -0.396 e. The van der Waals surface area contributed by atoms with Gasteiger partial charge in [-0.25, -0.2) is 9.98 Å². The van der Waals surface area contributed by atoms with E-state index < -0.39 is 0 Å². The molecule has 1 aliphatic carbocycles. The number of carbonyl (C=O) groups is 1. The van der Waals surface area contributed by atoms with Crippen molar-refractivity contribution < 1.29 is 14.6 Å². The molecule has 3 aliphatic rings. The molecule has 1 amide bonds. The maximum atomic E-state index is 12.3. The molecule has 9 heteroatoms. The van der Waals surface area contributed by atoms with Crippen molar-refractivity contribution in [1.29, 1.82) is 0 Å². The number of carbonyl (C=O) groups excluding carboxylic acids is 1. The fourth-order valence-corrected chi connectivity index (χ4v) is 4.11. The summed E-state index contributed by atoms with van der Waals surface area (Å²) in [6.45, 7) is 6.61. The van der Waals surface area contributed by atoms with E-state index in [-0.39, 0.29) is 36.1 Å². The van der Waals surface area contributed by atoms with E-state index in [4.69, 9.17) is 14.7 Å². The molecule has 4 rings (SSSR count). The number of rotatable bonds is 7. The van der Waals surface area contributed by atoms with Crippen molar-refractivity contribution in [2.75, 3.05) is 27.3 Å². The number of aromatic nitrogens is 1. The van der Waals surface area contributed by atoms with Crippen LogP contribution in [0.25, 0.3) is 12.2 Å². The standard InChI is InChI=1S/C26H36N6O3/c1-16-10-22(21-13-19(8-9-27-21)35-15-26(2,3)14-33)31-25(28-16)29-18-6-7-20-17(11-18)12-23(30-20)24(34)32(4)5/h7,9,11-13,16,18-19,30,33H,6,8,10,14-15H2,1-5H3,(H,28,29). The van der Waals surface area contributed by atoms with Crippen LogP contribution in [-0.4, -0.2) is 84.3 Å². The summed E-state index contributed by atoms with van der Waals surface area (Å²) in [5.41, 5.74) is 2.01. The van der Waals surface area contributed by atoms with E-state index >= 15 is 0 Å².